The van der Waals surface area contributed by atoms with Gasteiger partial charge in [0.1, 0.15) is 0 Å². The quantitative estimate of drug-likeness (QED) is 0.805. The molecule has 0 spiro atoms. The van der Waals surface area contributed by atoms with Crippen LogP contribution >= 0.6 is 11.8 Å². The molecule has 0 unspecified atom stereocenters. The number of likely N-dealkylation sites (tertiary alicyclic amines) is 1. The fourth-order valence-electron chi connectivity index (χ4n) is 3.34. The monoisotopic (exact) mass is 382 g/mol. The lowest BCUT2D eigenvalue weighted by Gasteiger charge is -2.18. The molecule has 5 heteroatoms. The molecule has 1 fully saturated rings. The molecule has 1 aliphatic rings. The number of amides is 2. The summed E-state index contributed by atoms with van der Waals surface area (Å²) < 4.78 is 0. The molecule has 0 saturated carbocycles. The zero-order valence-corrected chi connectivity index (χ0v) is 16.8. The van der Waals surface area contributed by atoms with E-state index >= 15 is 0 Å². The van der Waals surface area contributed by atoms with Crippen LogP contribution < -0.4 is 5.32 Å². The predicted octanol–water partition coefficient (Wildman–Crippen LogP) is 4.41. The summed E-state index contributed by atoms with van der Waals surface area (Å²) in [5.74, 6) is 1.22. The Bertz CT molecular complexity index is 829. The van der Waals surface area contributed by atoms with Gasteiger partial charge in [-0.05, 0) is 49.9 Å². The summed E-state index contributed by atoms with van der Waals surface area (Å²) in [5, 5.41) is 2.96. The van der Waals surface area contributed by atoms with Gasteiger partial charge in [0.25, 0.3) is 5.91 Å². The Morgan fingerprint density at radius 1 is 1.07 bits per heavy atom. The number of thioether (sulfide) groups is 1. The number of carbonyl (C=O) groups is 2. The standard InChI is InChI=1S/C22H26N2O2S/c1-16-7-5-8-18(13-16)14-27-15-21(25)23-20-10-6-9-19(17(20)2)22(26)24-11-3-4-12-24/h5-10,13H,3-4,11-12,14-15H2,1-2H3,(H,23,25). The zero-order chi connectivity index (χ0) is 19.2. The van der Waals surface area contributed by atoms with Crippen molar-refractivity contribution in [1.82, 2.24) is 4.90 Å². The molecule has 1 heterocycles. The van der Waals surface area contributed by atoms with E-state index in [4.69, 9.17) is 0 Å². The largest absolute Gasteiger partial charge is 0.339 e. The number of aryl methyl sites for hydroxylation is 1. The van der Waals surface area contributed by atoms with Crippen molar-refractivity contribution >= 4 is 29.3 Å². The Labute approximate surface area is 165 Å². The molecule has 4 nitrogen and oxygen atoms in total. The van der Waals surface area contributed by atoms with E-state index in [-0.39, 0.29) is 11.8 Å². The van der Waals surface area contributed by atoms with Crippen molar-refractivity contribution in [3.05, 3.63) is 64.7 Å². The van der Waals surface area contributed by atoms with E-state index in [1.54, 1.807) is 11.8 Å². The number of benzene rings is 2. The fourth-order valence-corrected chi connectivity index (χ4v) is 4.12. The number of anilines is 1. The average molecular weight is 383 g/mol. The van der Waals surface area contributed by atoms with Crippen molar-refractivity contribution in [3.63, 3.8) is 0 Å². The lowest BCUT2D eigenvalue weighted by atomic mass is 10.1. The topological polar surface area (TPSA) is 49.4 Å². The fraction of sp³-hybridized carbons (Fsp3) is 0.364. The van der Waals surface area contributed by atoms with Crippen LogP contribution in [0.15, 0.2) is 42.5 Å². The third kappa shape index (κ3) is 5.13. The van der Waals surface area contributed by atoms with Gasteiger partial charge < -0.3 is 10.2 Å². The van der Waals surface area contributed by atoms with Crippen molar-refractivity contribution in [1.29, 1.82) is 0 Å². The van der Waals surface area contributed by atoms with Crippen LogP contribution in [-0.4, -0.2) is 35.6 Å². The van der Waals surface area contributed by atoms with Crippen molar-refractivity contribution in [2.24, 2.45) is 0 Å². The highest BCUT2D eigenvalue weighted by atomic mass is 32.2. The maximum Gasteiger partial charge on any atom is 0.254 e. The second-order valence-electron chi connectivity index (χ2n) is 7.01. The Morgan fingerprint density at radius 3 is 2.56 bits per heavy atom. The lowest BCUT2D eigenvalue weighted by Crippen LogP contribution is -2.28. The number of hydrogen-bond acceptors (Lipinski definition) is 3. The Kier molecular flexibility index (Phi) is 6.56. The highest BCUT2D eigenvalue weighted by molar-refractivity contribution is 7.99. The highest BCUT2D eigenvalue weighted by Gasteiger charge is 2.21. The summed E-state index contributed by atoms with van der Waals surface area (Å²) in [6.45, 7) is 5.62. The van der Waals surface area contributed by atoms with Gasteiger partial charge in [-0.2, -0.15) is 0 Å². The second kappa shape index (κ2) is 9.09. The molecule has 2 amide bonds. The minimum Gasteiger partial charge on any atom is -0.339 e. The summed E-state index contributed by atoms with van der Waals surface area (Å²) in [5.41, 5.74) is 4.70. The molecule has 0 bridgehead atoms. The van der Waals surface area contributed by atoms with Gasteiger partial charge in [0, 0.05) is 30.1 Å². The maximum absolute atomic E-state index is 12.7. The zero-order valence-electron chi connectivity index (χ0n) is 16.0. The normalized spacial score (nSPS) is 13.6. The molecule has 27 heavy (non-hydrogen) atoms. The molecule has 2 aromatic rings. The van der Waals surface area contributed by atoms with Crippen LogP contribution in [0.4, 0.5) is 5.69 Å². The van der Waals surface area contributed by atoms with E-state index in [9.17, 15) is 9.59 Å². The lowest BCUT2D eigenvalue weighted by molar-refractivity contribution is -0.113. The molecular formula is C22H26N2O2S. The summed E-state index contributed by atoms with van der Waals surface area (Å²) >= 11 is 1.59. The van der Waals surface area contributed by atoms with Crippen molar-refractivity contribution < 1.29 is 9.59 Å². The summed E-state index contributed by atoms with van der Waals surface area (Å²) in [4.78, 5) is 26.9. The van der Waals surface area contributed by atoms with Crippen LogP contribution in [0.25, 0.3) is 0 Å². The van der Waals surface area contributed by atoms with Gasteiger partial charge in [-0.1, -0.05) is 35.9 Å². The van der Waals surface area contributed by atoms with Crippen molar-refractivity contribution in [2.75, 3.05) is 24.2 Å². The maximum atomic E-state index is 12.7. The minimum absolute atomic E-state index is 0.0403. The van der Waals surface area contributed by atoms with Crippen LogP contribution in [0.2, 0.25) is 0 Å². The second-order valence-corrected chi connectivity index (χ2v) is 7.99. The highest BCUT2D eigenvalue weighted by Crippen LogP contribution is 2.23. The average Bonchev–Trinajstić information content (AvgIpc) is 3.18. The molecule has 1 N–H and O–H groups in total. The molecule has 0 atom stereocenters. The number of hydrogen-bond donors (Lipinski definition) is 1. The summed E-state index contributed by atoms with van der Waals surface area (Å²) in [6.07, 6.45) is 2.14. The number of rotatable bonds is 6. The molecule has 142 valence electrons. The van der Waals surface area contributed by atoms with Crippen LogP contribution in [-0.2, 0) is 10.5 Å². The van der Waals surface area contributed by atoms with Gasteiger partial charge in [-0.15, -0.1) is 11.8 Å². The van der Waals surface area contributed by atoms with Crippen LogP contribution in [0.3, 0.4) is 0 Å². The van der Waals surface area contributed by atoms with Gasteiger partial charge in [0.15, 0.2) is 0 Å². The third-order valence-corrected chi connectivity index (χ3v) is 5.82. The van der Waals surface area contributed by atoms with Gasteiger partial charge >= 0.3 is 0 Å². The Morgan fingerprint density at radius 2 is 1.81 bits per heavy atom. The number of nitrogens with zero attached hydrogens (tertiary/aromatic N) is 1. The third-order valence-electron chi connectivity index (χ3n) is 4.82. The predicted molar refractivity (Wildman–Crippen MR) is 112 cm³/mol. The number of nitrogens with one attached hydrogen (secondary N) is 1. The van der Waals surface area contributed by atoms with E-state index in [2.05, 4.69) is 30.4 Å². The van der Waals surface area contributed by atoms with E-state index in [1.807, 2.05) is 36.1 Å². The van der Waals surface area contributed by atoms with E-state index in [0.29, 0.717) is 11.3 Å². The van der Waals surface area contributed by atoms with E-state index < -0.39 is 0 Å². The molecule has 2 aromatic carbocycles. The minimum atomic E-state index is -0.0403. The van der Waals surface area contributed by atoms with Gasteiger partial charge in [0.2, 0.25) is 5.91 Å². The first kappa shape index (κ1) is 19.5. The molecule has 0 radical (unpaired) electrons. The van der Waals surface area contributed by atoms with E-state index in [1.165, 1.54) is 11.1 Å². The van der Waals surface area contributed by atoms with Crippen molar-refractivity contribution in [3.8, 4) is 0 Å². The molecule has 1 saturated heterocycles. The van der Waals surface area contributed by atoms with Gasteiger partial charge in [-0.25, -0.2) is 0 Å². The summed E-state index contributed by atoms with van der Waals surface area (Å²) in [7, 11) is 0. The summed E-state index contributed by atoms with van der Waals surface area (Å²) in [6, 6.07) is 13.9. The van der Waals surface area contributed by atoms with Gasteiger partial charge in [-0.3, -0.25) is 9.59 Å². The molecule has 0 aliphatic carbocycles. The molecule has 0 aromatic heterocycles. The van der Waals surface area contributed by atoms with Crippen LogP contribution in [0, 0.1) is 13.8 Å². The molecule has 3 rings (SSSR count). The smallest absolute Gasteiger partial charge is 0.254 e. The SMILES string of the molecule is Cc1cccc(CSCC(=O)Nc2cccc(C(=O)N3CCCC3)c2C)c1. The Hall–Kier alpha value is -2.27. The first-order valence-electron chi connectivity index (χ1n) is 9.36. The van der Waals surface area contributed by atoms with Gasteiger partial charge in [0.05, 0.1) is 5.75 Å². The van der Waals surface area contributed by atoms with Crippen molar-refractivity contribution in [2.45, 2.75) is 32.4 Å². The number of carbonyl (C=O) groups excluding carboxylic acids is 2. The molecule has 1 aliphatic heterocycles. The first-order chi connectivity index (χ1) is 13.0. The van der Waals surface area contributed by atoms with Crippen LogP contribution in [0.5, 0.6) is 0 Å². The Balaban J connectivity index is 1.57. The first-order valence-corrected chi connectivity index (χ1v) is 10.5. The van der Waals surface area contributed by atoms with E-state index in [0.717, 1.165) is 42.9 Å². The van der Waals surface area contributed by atoms with Crippen LogP contribution in [0.1, 0.15) is 39.9 Å². The molecular weight excluding hydrogens is 356 g/mol.